The molecule has 5 heteroatoms. The van der Waals surface area contributed by atoms with E-state index in [0.717, 1.165) is 36.3 Å². The molecule has 0 amide bonds. The number of ether oxygens (including phenoxy) is 1. The van der Waals surface area contributed by atoms with Gasteiger partial charge in [-0.25, -0.2) is 4.98 Å². The Morgan fingerprint density at radius 1 is 1.47 bits per heavy atom. The fraction of sp³-hybridized carbons (Fsp3) is 0.500. The first-order valence-electron chi connectivity index (χ1n) is 6.55. The number of hydrogen-bond acceptors (Lipinski definition) is 2. The minimum absolute atomic E-state index is 0.199. The van der Waals surface area contributed by atoms with Gasteiger partial charge in [-0.15, -0.1) is 11.6 Å². The summed E-state index contributed by atoms with van der Waals surface area (Å²) >= 11 is 12.1. The second-order valence-corrected chi connectivity index (χ2v) is 5.66. The van der Waals surface area contributed by atoms with Crippen LogP contribution in [0.5, 0.6) is 0 Å². The van der Waals surface area contributed by atoms with E-state index in [4.69, 9.17) is 27.9 Å². The third-order valence-electron chi connectivity index (χ3n) is 3.73. The zero-order valence-corrected chi connectivity index (χ0v) is 12.3. The molecule has 0 spiro atoms. The summed E-state index contributed by atoms with van der Waals surface area (Å²) in [5, 5.41) is 0.693. The lowest BCUT2D eigenvalue weighted by atomic mass is 10.1. The first-order valence-corrected chi connectivity index (χ1v) is 7.46. The molecular weight excluding hydrogens is 283 g/mol. The number of rotatable bonds is 3. The quantitative estimate of drug-likeness (QED) is 0.806. The van der Waals surface area contributed by atoms with E-state index in [1.807, 2.05) is 12.1 Å². The maximum absolute atomic E-state index is 6.25. The van der Waals surface area contributed by atoms with E-state index < -0.39 is 0 Å². The molecule has 1 saturated heterocycles. The zero-order chi connectivity index (χ0) is 13.4. The van der Waals surface area contributed by atoms with Crippen LogP contribution in [0.15, 0.2) is 18.2 Å². The molecule has 1 aliphatic rings. The standard InChI is InChI=1S/C14H16Cl2N2O/c1-9-11(6-8-19-9)18-12-4-2-3-10(16)14(12)17-13(18)5-7-15/h2-4,9,11H,5-8H2,1H3. The van der Waals surface area contributed by atoms with E-state index in [9.17, 15) is 0 Å². The Labute approximate surface area is 122 Å². The van der Waals surface area contributed by atoms with Crippen LogP contribution in [0.4, 0.5) is 0 Å². The lowest BCUT2D eigenvalue weighted by molar-refractivity contribution is 0.108. The molecule has 1 aromatic heterocycles. The normalized spacial score (nSPS) is 23.3. The smallest absolute Gasteiger partial charge is 0.111 e. The lowest BCUT2D eigenvalue weighted by Gasteiger charge is -2.19. The Morgan fingerprint density at radius 2 is 2.32 bits per heavy atom. The van der Waals surface area contributed by atoms with Crippen LogP contribution in [0.1, 0.15) is 25.2 Å². The summed E-state index contributed by atoms with van der Waals surface area (Å²) in [6.07, 6.45) is 1.95. The van der Waals surface area contributed by atoms with Gasteiger partial charge in [0.25, 0.3) is 0 Å². The Bertz CT molecular complexity index is 596. The van der Waals surface area contributed by atoms with E-state index in [-0.39, 0.29) is 6.10 Å². The predicted molar refractivity (Wildman–Crippen MR) is 78.2 cm³/mol. The molecule has 2 heterocycles. The predicted octanol–water partition coefficient (Wildman–Crippen LogP) is 3.82. The van der Waals surface area contributed by atoms with Crippen molar-refractivity contribution in [2.75, 3.05) is 12.5 Å². The van der Waals surface area contributed by atoms with Crippen LogP contribution in [-0.2, 0) is 11.2 Å². The molecule has 19 heavy (non-hydrogen) atoms. The van der Waals surface area contributed by atoms with Gasteiger partial charge in [-0.05, 0) is 25.5 Å². The second-order valence-electron chi connectivity index (χ2n) is 4.88. The van der Waals surface area contributed by atoms with Gasteiger partial charge < -0.3 is 9.30 Å². The highest BCUT2D eigenvalue weighted by atomic mass is 35.5. The summed E-state index contributed by atoms with van der Waals surface area (Å²) in [5.74, 6) is 1.56. The van der Waals surface area contributed by atoms with Crippen molar-refractivity contribution in [2.24, 2.45) is 0 Å². The van der Waals surface area contributed by atoms with E-state index in [1.165, 1.54) is 0 Å². The van der Waals surface area contributed by atoms with Crippen molar-refractivity contribution in [3.05, 3.63) is 29.0 Å². The minimum atomic E-state index is 0.199. The summed E-state index contributed by atoms with van der Waals surface area (Å²) in [6, 6.07) is 6.23. The Kier molecular flexibility index (Phi) is 3.70. The maximum atomic E-state index is 6.25. The lowest BCUT2D eigenvalue weighted by Crippen LogP contribution is -2.19. The average molecular weight is 299 g/mol. The molecule has 1 aromatic carbocycles. The van der Waals surface area contributed by atoms with Gasteiger partial charge in [0.2, 0.25) is 0 Å². The van der Waals surface area contributed by atoms with Crippen molar-refractivity contribution >= 4 is 34.2 Å². The zero-order valence-electron chi connectivity index (χ0n) is 10.8. The van der Waals surface area contributed by atoms with E-state index in [1.54, 1.807) is 0 Å². The summed E-state index contributed by atoms with van der Waals surface area (Å²) in [5.41, 5.74) is 1.94. The number of halogens is 2. The number of aromatic nitrogens is 2. The molecule has 0 N–H and O–H groups in total. The van der Waals surface area contributed by atoms with Crippen LogP contribution >= 0.6 is 23.2 Å². The second kappa shape index (κ2) is 5.31. The van der Waals surface area contributed by atoms with Crippen LogP contribution in [-0.4, -0.2) is 28.1 Å². The number of nitrogens with zero attached hydrogens (tertiary/aromatic N) is 2. The molecule has 2 aromatic rings. The molecule has 3 rings (SSSR count). The monoisotopic (exact) mass is 298 g/mol. The number of fused-ring (bicyclic) bond motifs is 1. The molecule has 0 saturated carbocycles. The Balaban J connectivity index is 2.19. The van der Waals surface area contributed by atoms with Crippen LogP contribution in [0.25, 0.3) is 11.0 Å². The largest absolute Gasteiger partial charge is 0.376 e. The summed E-state index contributed by atoms with van der Waals surface area (Å²) in [7, 11) is 0. The molecule has 102 valence electrons. The number of hydrogen-bond donors (Lipinski definition) is 0. The van der Waals surface area contributed by atoms with Gasteiger partial charge in [0, 0.05) is 18.9 Å². The van der Waals surface area contributed by atoms with Gasteiger partial charge in [0.05, 0.1) is 22.7 Å². The third kappa shape index (κ3) is 2.24. The summed E-state index contributed by atoms with van der Waals surface area (Å²) in [6.45, 7) is 2.91. The van der Waals surface area contributed by atoms with Gasteiger partial charge in [-0.2, -0.15) is 0 Å². The fourth-order valence-corrected chi connectivity index (χ4v) is 3.20. The highest BCUT2D eigenvalue weighted by Gasteiger charge is 2.29. The molecule has 1 fully saturated rings. The SMILES string of the molecule is CC1OCCC1n1c(CCCl)nc2c(Cl)cccc21. The van der Waals surface area contributed by atoms with Crippen molar-refractivity contribution in [3.63, 3.8) is 0 Å². The highest BCUT2D eigenvalue weighted by molar-refractivity contribution is 6.34. The summed E-state index contributed by atoms with van der Waals surface area (Å²) < 4.78 is 7.95. The van der Waals surface area contributed by atoms with Gasteiger partial charge in [0.1, 0.15) is 11.3 Å². The number of aryl methyl sites for hydroxylation is 1. The van der Waals surface area contributed by atoms with E-state index in [0.29, 0.717) is 16.9 Å². The number of alkyl halides is 1. The molecule has 2 unspecified atom stereocenters. The fourth-order valence-electron chi connectivity index (χ4n) is 2.82. The Morgan fingerprint density at radius 3 is 3.00 bits per heavy atom. The maximum Gasteiger partial charge on any atom is 0.111 e. The van der Waals surface area contributed by atoms with Crippen molar-refractivity contribution in [1.29, 1.82) is 0 Å². The number of benzene rings is 1. The topological polar surface area (TPSA) is 27.1 Å². The minimum Gasteiger partial charge on any atom is -0.376 e. The average Bonchev–Trinajstić information content (AvgIpc) is 2.94. The third-order valence-corrected chi connectivity index (χ3v) is 4.22. The van der Waals surface area contributed by atoms with Crippen LogP contribution < -0.4 is 0 Å². The summed E-state index contributed by atoms with van der Waals surface area (Å²) in [4.78, 5) is 4.67. The van der Waals surface area contributed by atoms with Crippen molar-refractivity contribution in [1.82, 2.24) is 9.55 Å². The number of imidazole rings is 1. The molecule has 0 aliphatic carbocycles. The van der Waals surface area contributed by atoms with Crippen molar-refractivity contribution in [3.8, 4) is 0 Å². The van der Waals surface area contributed by atoms with E-state index in [2.05, 4.69) is 22.5 Å². The molecule has 0 bridgehead atoms. The van der Waals surface area contributed by atoms with Gasteiger partial charge >= 0.3 is 0 Å². The first kappa shape index (κ1) is 13.2. The van der Waals surface area contributed by atoms with Gasteiger partial charge in [-0.1, -0.05) is 17.7 Å². The molecule has 1 aliphatic heterocycles. The first-order chi connectivity index (χ1) is 9.22. The molecule has 3 nitrogen and oxygen atoms in total. The van der Waals surface area contributed by atoms with Gasteiger partial charge in [0.15, 0.2) is 0 Å². The highest BCUT2D eigenvalue weighted by Crippen LogP contribution is 2.33. The molecule has 2 atom stereocenters. The van der Waals surface area contributed by atoms with Crippen LogP contribution in [0.3, 0.4) is 0 Å². The Hall–Kier alpha value is -0.770. The number of para-hydroxylation sites is 1. The van der Waals surface area contributed by atoms with Crippen molar-refractivity contribution < 1.29 is 4.74 Å². The molecule has 0 radical (unpaired) electrons. The van der Waals surface area contributed by atoms with E-state index >= 15 is 0 Å². The van der Waals surface area contributed by atoms with Gasteiger partial charge in [-0.3, -0.25) is 0 Å². The van der Waals surface area contributed by atoms with Crippen molar-refractivity contribution in [2.45, 2.75) is 31.9 Å². The van der Waals surface area contributed by atoms with Crippen LogP contribution in [0.2, 0.25) is 5.02 Å². The molecular formula is C14H16Cl2N2O. The van der Waals surface area contributed by atoms with Crippen LogP contribution in [0, 0.1) is 0 Å².